The zero-order valence-electron chi connectivity index (χ0n) is 12.3. The van der Waals surface area contributed by atoms with Gasteiger partial charge in [0.05, 0.1) is 16.7 Å². The standard InChI is InChI=1S/C17H18N2OS2/c1-12-4-6-13(7-5-12)15(20)10-18-9-14-11-22-17(19-14)16-3-2-8-21-16/h2-8,11,15,18,20H,9-10H2,1H3. The predicted octanol–water partition coefficient (Wildman–Crippen LogP) is 4.00. The van der Waals surface area contributed by atoms with E-state index >= 15 is 0 Å². The summed E-state index contributed by atoms with van der Waals surface area (Å²) in [6, 6.07) is 12.1. The number of aliphatic hydroxyl groups excluding tert-OH is 1. The number of nitrogens with one attached hydrogen (secondary N) is 1. The van der Waals surface area contributed by atoms with Gasteiger partial charge >= 0.3 is 0 Å². The highest BCUT2D eigenvalue weighted by Gasteiger charge is 2.08. The molecule has 22 heavy (non-hydrogen) atoms. The third kappa shape index (κ3) is 3.81. The summed E-state index contributed by atoms with van der Waals surface area (Å²) in [7, 11) is 0. The van der Waals surface area contributed by atoms with E-state index in [1.807, 2.05) is 37.3 Å². The Kier molecular flexibility index (Phi) is 5.00. The summed E-state index contributed by atoms with van der Waals surface area (Å²) in [5.41, 5.74) is 3.16. The molecule has 0 fully saturated rings. The van der Waals surface area contributed by atoms with Crippen molar-refractivity contribution in [3.63, 3.8) is 0 Å². The van der Waals surface area contributed by atoms with Gasteiger partial charge in [0.15, 0.2) is 0 Å². The van der Waals surface area contributed by atoms with Crippen LogP contribution in [-0.4, -0.2) is 16.6 Å². The van der Waals surface area contributed by atoms with E-state index in [1.54, 1.807) is 22.7 Å². The first-order chi connectivity index (χ1) is 10.7. The molecule has 0 saturated carbocycles. The van der Waals surface area contributed by atoms with Crippen LogP contribution in [0.4, 0.5) is 0 Å². The number of thiophene rings is 1. The molecule has 3 nitrogen and oxygen atoms in total. The monoisotopic (exact) mass is 330 g/mol. The second-order valence-electron chi connectivity index (χ2n) is 5.18. The van der Waals surface area contributed by atoms with Crippen LogP contribution in [0.1, 0.15) is 22.9 Å². The van der Waals surface area contributed by atoms with E-state index in [4.69, 9.17) is 0 Å². The lowest BCUT2D eigenvalue weighted by Crippen LogP contribution is -2.21. The Morgan fingerprint density at radius 2 is 2.00 bits per heavy atom. The largest absolute Gasteiger partial charge is 0.387 e. The fourth-order valence-corrected chi connectivity index (χ4v) is 3.78. The molecule has 2 N–H and O–H groups in total. The van der Waals surface area contributed by atoms with Crippen LogP contribution in [0.15, 0.2) is 47.2 Å². The molecule has 0 saturated heterocycles. The third-order valence-corrected chi connectivity index (χ3v) is 5.32. The maximum absolute atomic E-state index is 10.2. The van der Waals surface area contributed by atoms with Crippen molar-refractivity contribution in [2.75, 3.05) is 6.54 Å². The van der Waals surface area contributed by atoms with E-state index < -0.39 is 6.10 Å². The van der Waals surface area contributed by atoms with E-state index in [2.05, 4.69) is 27.1 Å². The van der Waals surface area contributed by atoms with Crippen molar-refractivity contribution in [2.45, 2.75) is 19.6 Å². The molecule has 5 heteroatoms. The van der Waals surface area contributed by atoms with Crippen molar-refractivity contribution in [3.8, 4) is 9.88 Å². The number of rotatable bonds is 6. The van der Waals surface area contributed by atoms with Crippen molar-refractivity contribution in [1.29, 1.82) is 0 Å². The number of hydrogen-bond acceptors (Lipinski definition) is 5. The van der Waals surface area contributed by atoms with E-state index in [-0.39, 0.29) is 0 Å². The molecular weight excluding hydrogens is 312 g/mol. The van der Waals surface area contributed by atoms with Gasteiger partial charge in [-0.25, -0.2) is 4.98 Å². The number of hydrogen-bond donors (Lipinski definition) is 2. The molecule has 0 radical (unpaired) electrons. The molecular formula is C17H18N2OS2. The minimum atomic E-state index is -0.490. The molecule has 114 valence electrons. The maximum atomic E-state index is 10.2. The fraction of sp³-hybridized carbons (Fsp3) is 0.235. The summed E-state index contributed by atoms with van der Waals surface area (Å²) >= 11 is 3.36. The van der Waals surface area contributed by atoms with Crippen molar-refractivity contribution >= 4 is 22.7 Å². The number of aliphatic hydroxyl groups is 1. The number of nitrogens with zero attached hydrogens (tertiary/aromatic N) is 1. The normalized spacial score (nSPS) is 12.5. The Morgan fingerprint density at radius 1 is 1.18 bits per heavy atom. The highest BCUT2D eigenvalue weighted by atomic mass is 32.1. The molecule has 0 aliphatic rings. The van der Waals surface area contributed by atoms with Gasteiger partial charge in [-0.15, -0.1) is 22.7 Å². The number of aryl methyl sites for hydroxylation is 1. The lowest BCUT2D eigenvalue weighted by atomic mass is 10.1. The Hall–Kier alpha value is -1.53. The summed E-state index contributed by atoms with van der Waals surface area (Å²) < 4.78 is 0. The summed E-state index contributed by atoms with van der Waals surface area (Å²) in [4.78, 5) is 5.82. The van der Waals surface area contributed by atoms with Gasteiger partial charge < -0.3 is 10.4 Å². The molecule has 0 aliphatic carbocycles. The molecule has 3 aromatic rings. The van der Waals surface area contributed by atoms with Gasteiger partial charge in [0.2, 0.25) is 0 Å². The average molecular weight is 330 g/mol. The van der Waals surface area contributed by atoms with Crippen LogP contribution in [0.25, 0.3) is 9.88 Å². The molecule has 2 aromatic heterocycles. The van der Waals surface area contributed by atoms with Gasteiger partial charge in [-0.2, -0.15) is 0 Å². The van der Waals surface area contributed by atoms with Crippen molar-refractivity contribution in [3.05, 3.63) is 64.0 Å². The van der Waals surface area contributed by atoms with Crippen molar-refractivity contribution < 1.29 is 5.11 Å². The van der Waals surface area contributed by atoms with Gasteiger partial charge in [0.1, 0.15) is 5.01 Å². The molecule has 3 rings (SSSR count). The summed E-state index contributed by atoms with van der Waals surface area (Å²) in [5.74, 6) is 0. The van der Waals surface area contributed by atoms with Crippen LogP contribution in [0.5, 0.6) is 0 Å². The van der Waals surface area contributed by atoms with Gasteiger partial charge in [0, 0.05) is 18.5 Å². The summed E-state index contributed by atoms with van der Waals surface area (Å²) in [5, 5.41) is 18.6. The lowest BCUT2D eigenvalue weighted by molar-refractivity contribution is 0.174. The number of thiazole rings is 1. The minimum absolute atomic E-state index is 0.490. The smallest absolute Gasteiger partial charge is 0.133 e. The highest BCUT2D eigenvalue weighted by molar-refractivity contribution is 7.20. The quantitative estimate of drug-likeness (QED) is 0.718. The Morgan fingerprint density at radius 3 is 2.73 bits per heavy atom. The molecule has 0 amide bonds. The Bertz CT molecular complexity index is 705. The minimum Gasteiger partial charge on any atom is -0.387 e. The molecule has 1 aromatic carbocycles. The molecule has 1 unspecified atom stereocenters. The van der Waals surface area contributed by atoms with Crippen LogP contribution < -0.4 is 5.32 Å². The van der Waals surface area contributed by atoms with Gasteiger partial charge in [-0.1, -0.05) is 35.9 Å². The zero-order valence-corrected chi connectivity index (χ0v) is 14.0. The van der Waals surface area contributed by atoms with E-state index in [9.17, 15) is 5.11 Å². The molecule has 0 spiro atoms. The number of aromatic nitrogens is 1. The van der Waals surface area contributed by atoms with Crippen LogP contribution in [-0.2, 0) is 6.54 Å². The fourth-order valence-electron chi connectivity index (χ4n) is 2.14. The Balaban J connectivity index is 1.52. The maximum Gasteiger partial charge on any atom is 0.133 e. The first kappa shape index (κ1) is 15.4. The SMILES string of the molecule is Cc1ccc(C(O)CNCc2csc(-c3cccs3)n2)cc1. The second-order valence-corrected chi connectivity index (χ2v) is 6.98. The average Bonchev–Trinajstić information content (AvgIpc) is 3.19. The summed E-state index contributed by atoms with van der Waals surface area (Å²) in [6.45, 7) is 3.24. The van der Waals surface area contributed by atoms with E-state index in [0.717, 1.165) is 16.3 Å². The molecule has 0 bridgehead atoms. The van der Waals surface area contributed by atoms with Gasteiger partial charge in [0.25, 0.3) is 0 Å². The molecule has 0 aliphatic heterocycles. The van der Waals surface area contributed by atoms with E-state index in [1.165, 1.54) is 10.4 Å². The predicted molar refractivity (Wildman–Crippen MR) is 93.3 cm³/mol. The van der Waals surface area contributed by atoms with E-state index in [0.29, 0.717) is 13.1 Å². The molecule has 2 heterocycles. The van der Waals surface area contributed by atoms with Crippen LogP contribution in [0.2, 0.25) is 0 Å². The zero-order chi connectivity index (χ0) is 15.4. The highest BCUT2D eigenvalue weighted by Crippen LogP contribution is 2.27. The van der Waals surface area contributed by atoms with Gasteiger partial charge in [-0.05, 0) is 23.9 Å². The first-order valence-corrected chi connectivity index (χ1v) is 8.92. The topological polar surface area (TPSA) is 45.1 Å². The van der Waals surface area contributed by atoms with Crippen molar-refractivity contribution in [2.24, 2.45) is 0 Å². The second kappa shape index (κ2) is 7.15. The summed E-state index contributed by atoms with van der Waals surface area (Å²) in [6.07, 6.45) is -0.490. The third-order valence-electron chi connectivity index (χ3n) is 3.39. The van der Waals surface area contributed by atoms with Crippen LogP contribution in [0.3, 0.4) is 0 Å². The number of benzene rings is 1. The van der Waals surface area contributed by atoms with Crippen molar-refractivity contribution in [1.82, 2.24) is 10.3 Å². The first-order valence-electron chi connectivity index (χ1n) is 7.16. The van der Waals surface area contributed by atoms with Crippen LogP contribution in [0, 0.1) is 6.92 Å². The van der Waals surface area contributed by atoms with Crippen LogP contribution >= 0.6 is 22.7 Å². The Labute approximate surface area is 138 Å². The van der Waals surface area contributed by atoms with Gasteiger partial charge in [-0.3, -0.25) is 0 Å². The molecule has 1 atom stereocenters. The lowest BCUT2D eigenvalue weighted by Gasteiger charge is -2.11.